The molecule has 0 radical (unpaired) electrons. The van der Waals surface area contributed by atoms with Crippen LogP contribution in [0.15, 0.2) is 22.8 Å². The zero-order valence-electron chi connectivity index (χ0n) is 15.8. The number of thiocarbonyl (C=S) groups is 1. The number of urea groups is 1. The molecule has 4 rings (SSSR count). The summed E-state index contributed by atoms with van der Waals surface area (Å²) in [4.78, 5) is 14.7. The first-order valence-corrected chi connectivity index (χ1v) is 10.8. The van der Waals surface area contributed by atoms with Crippen LogP contribution in [0.5, 0.6) is 0 Å². The fourth-order valence-electron chi connectivity index (χ4n) is 4.95. The fraction of sp³-hybridized carbons (Fsp3) is 0.700. The van der Waals surface area contributed by atoms with Crippen LogP contribution in [-0.4, -0.2) is 40.2 Å². The molecule has 0 aromatic carbocycles. The number of carbonyl (C=O) groups is 1. The zero-order valence-corrected chi connectivity index (χ0v) is 16.6. The van der Waals surface area contributed by atoms with Crippen molar-refractivity contribution in [2.75, 3.05) is 0 Å². The molecule has 148 valence electrons. The molecule has 2 bridgehead atoms. The van der Waals surface area contributed by atoms with E-state index < -0.39 is 0 Å². The maximum Gasteiger partial charge on any atom is 0.315 e. The molecule has 1 aromatic heterocycles. The Bertz CT molecular complexity index is 630. The van der Waals surface area contributed by atoms with Crippen molar-refractivity contribution in [3.05, 3.63) is 24.2 Å². The average molecular weight is 391 g/mol. The molecule has 0 spiro atoms. The molecule has 1 aliphatic carbocycles. The molecule has 27 heavy (non-hydrogen) atoms. The Morgan fingerprint density at radius 2 is 1.78 bits per heavy atom. The molecule has 2 saturated heterocycles. The van der Waals surface area contributed by atoms with Crippen molar-refractivity contribution in [1.82, 2.24) is 20.9 Å². The molecule has 3 N–H and O–H groups in total. The van der Waals surface area contributed by atoms with Crippen molar-refractivity contribution in [3.8, 4) is 0 Å². The second-order valence-electron chi connectivity index (χ2n) is 8.15. The molecule has 6 nitrogen and oxygen atoms in total. The van der Waals surface area contributed by atoms with Gasteiger partial charge in [0.1, 0.15) is 5.76 Å². The second-order valence-corrected chi connectivity index (χ2v) is 8.54. The van der Waals surface area contributed by atoms with Crippen LogP contribution < -0.4 is 16.0 Å². The molecular formula is C20H30N4O2S. The lowest BCUT2D eigenvalue weighted by molar-refractivity contribution is 0.186. The van der Waals surface area contributed by atoms with Crippen molar-refractivity contribution in [2.45, 2.75) is 88.5 Å². The van der Waals surface area contributed by atoms with Crippen LogP contribution in [-0.2, 0) is 6.54 Å². The maximum absolute atomic E-state index is 12.4. The van der Waals surface area contributed by atoms with E-state index in [2.05, 4.69) is 20.9 Å². The third-order valence-corrected chi connectivity index (χ3v) is 6.59. The molecule has 2 atom stereocenters. The summed E-state index contributed by atoms with van der Waals surface area (Å²) >= 11 is 5.65. The van der Waals surface area contributed by atoms with E-state index in [9.17, 15) is 4.79 Å². The van der Waals surface area contributed by atoms with Crippen LogP contribution in [0.4, 0.5) is 4.79 Å². The second kappa shape index (κ2) is 8.50. The number of carbonyl (C=O) groups excluding carboxylic acids is 1. The van der Waals surface area contributed by atoms with Crippen molar-refractivity contribution in [3.63, 3.8) is 0 Å². The molecule has 1 saturated carbocycles. The van der Waals surface area contributed by atoms with E-state index in [1.54, 1.807) is 6.26 Å². The van der Waals surface area contributed by atoms with E-state index in [-0.39, 0.29) is 12.1 Å². The Morgan fingerprint density at radius 3 is 2.44 bits per heavy atom. The highest BCUT2D eigenvalue weighted by Gasteiger charge is 2.42. The van der Waals surface area contributed by atoms with Crippen LogP contribution in [0.25, 0.3) is 0 Å². The lowest BCUT2D eigenvalue weighted by Crippen LogP contribution is -2.56. The van der Waals surface area contributed by atoms with Gasteiger partial charge in [0.15, 0.2) is 5.11 Å². The number of furan rings is 1. The molecule has 1 aromatic rings. The monoisotopic (exact) mass is 390 g/mol. The molecular weight excluding hydrogens is 360 g/mol. The minimum atomic E-state index is 0.0123. The summed E-state index contributed by atoms with van der Waals surface area (Å²) in [6, 6.07) is 5.29. The van der Waals surface area contributed by atoms with E-state index in [1.165, 1.54) is 19.3 Å². The summed E-state index contributed by atoms with van der Waals surface area (Å²) < 4.78 is 5.37. The first-order chi connectivity index (χ1) is 13.2. The Balaban J connectivity index is 1.25. The SMILES string of the molecule is O=C(NC1CCCCC1)NC1C[C@H]2CC[C@H](C1)N2C(=S)NCc1ccco1. The first-order valence-electron chi connectivity index (χ1n) is 10.3. The van der Waals surface area contributed by atoms with E-state index in [0.29, 0.717) is 24.7 Å². The number of fused-ring (bicyclic) bond motifs is 2. The number of nitrogens with zero attached hydrogens (tertiary/aromatic N) is 1. The van der Waals surface area contributed by atoms with Crippen molar-refractivity contribution >= 4 is 23.4 Å². The first kappa shape index (κ1) is 18.6. The van der Waals surface area contributed by atoms with E-state index in [4.69, 9.17) is 16.6 Å². The summed E-state index contributed by atoms with van der Waals surface area (Å²) in [6.45, 7) is 0.618. The number of piperidine rings is 1. The van der Waals surface area contributed by atoms with Gasteiger partial charge in [-0.05, 0) is 62.9 Å². The highest BCUT2D eigenvalue weighted by molar-refractivity contribution is 7.80. The molecule has 2 aliphatic heterocycles. The number of rotatable bonds is 4. The van der Waals surface area contributed by atoms with E-state index in [0.717, 1.165) is 49.4 Å². The highest BCUT2D eigenvalue weighted by atomic mass is 32.1. The molecule has 2 amide bonds. The Hall–Kier alpha value is -1.76. The van der Waals surface area contributed by atoms with E-state index in [1.807, 2.05) is 12.1 Å². The summed E-state index contributed by atoms with van der Waals surface area (Å²) in [5.41, 5.74) is 0. The smallest absolute Gasteiger partial charge is 0.315 e. The van der Waals surface area contributed by atoms with E-state index >= 15 is 0 Å². The van der Waals surface area contributed by atoms with Gasteiger partial charge in [0.2, 0.25) is 0 Å². The predicted octanol–water partition coefficient (Wildman–Crippen LogP) is 3.28. The summed E-state index contributed by atoms with van der Waals surface area (Å²) in [6.07, 6.45) is 11.9. The average Bonchev–Trinajstić information content (AvgIpc) is 3.27. The van der Waals surface area contributed by atoms with Gasteiger partial charge in [-0.2, -0.15) is 0 Å². The van der Waals surface area contributed by atoms with Gasteiger partial charge >= 0.3 is 6.03 Å². The van der Waals surface area contributed by atoms with Crippen LogP contribution in [0, 0.1) is 0 Å². The zero-order chi connectivity index (χ0) is 18.6. The third kappa shape index (κ3) is 4.57. The standard InChI is InChI=1S/C20H30N4O2S/c25-19(22-14-5-2-1-3-6-14)23-15-11-16-8-9-17(12-15)24(16)20(27)21-13-18-7-4-10-26-18/h4,7,10,14-17H,1-3,5-6,8-9,11-13H2,(H,21,27)(H2,22,23,25)/t16-,17-/m1/s1. The minimum absolute atomic E-state index is 0.0123. The fourth-order valence-corrected chi connectivity index (χ4v) is 5.32. The Labute approximate surface area is 166 Å². The van der Waals surface area contributed by atoms with Crippen molar-refractivity contribution in [2.24, 2.45) is 0 Å². The molecule has 7 heteroatoms. The van der Waals surface area contributed by atoms with Gasteiger partial charge in [-0.15, -0.1) is 0 Å². The number of hydrogen-bond donors (Lipinski definition) is 3. The van der Waals surface area contributed by atoms with Gasteiger partial charge in [0, 0.05) is 24.2 Å². The molecule has 3 heterocycles. The van der Waals surface area contributed by atoms with Crippen molar-refractivity contribution < 1.29 is 9.21 Å². The topological polar surface area (TPSA) is 69.5 Å². The van der Waals surface area contributed by atoms with Gasteiger partial charge in [0.25, 0.3) is 0 Å². The highest BCUT2D eigenvalue weighted by Crippen LogP contribution is 2.35. The van der Waals surface area contributed by atoms with Gasteiger partial charge in [-0.1, -0.05) is 19.3 Å². The molecule has 3 fully saturated rings. The van der Waals surface area contributed by atoms with Gasteiger partial charge in [-0.3, -0.25) is 0 Å². The number of hydrogen-bond acceptors (Lipinski definition) is 3. The van der Waals surface area contributed by atoms with Gasteiger partial charge in [0.05, 0.1) is 12.8 Å². The van der Waals surface area contributed by atoms with Gasteiger partial charge < -0.3 is 25.3 Å². The summed E-state index contributed by atoms with van der Waals surface area (Å²) in [5.74, 6) is 0.889. The maximum atomic E-state index is 12.4. The van der Waals surface area contributed by atoms with Crippen LogP contribution in [0.2, 0.25) is 0 Å². The van der Waals surface area contributed by atoms with Crippen LogP contribution in [0.1, 0.15) is 63.5 Å². The Kier molecular flexibility index (Phi) is 5.86. The quantitative estimate of drug-likeness (QED) is 0.689. The lowest BCUT2D eigenvalue weighted by atomic mass is 9.95. The Morgan fingerprint density at radius 1 is 1.07 bits per heavy atom. The number of nitrogens with one attached hydrogen (secondary N) is 3. The molecule has 0 unspecified atom stereocenters. The third-order valence-electron chi connectivity index (χ3n) is 6.24. The lowest BCUT2D eigenvalue weighted by Gasteiger charge is -2.40. The minimum Gasteiger partial charge on any atom is -0.467 e. The number of amides is 2. The summed E-state index contributed by atoms with van der Waals surface area (Å²) in [7, 11) is 0. The predicted molar refractivity (Wildman–Crippen MR) is 108 cm³/mol. The van der Waals surface area contributed by atoms with Crippen LogP contribution in [0.3, 0.4) is 0 Å². The largest absolute Gasteiger partial charge is 0.467 e. The van der Waals surface area contributed by atoms with Gasteiger partial charge in [-0.25, -0.2) is 4.79 Å². The van der Waals surface area contributed by atoms with Crippen LogP contribution >= 0.6 is 12.2 Å². The molecule has 3 aliphatic rings. The normalized spacial score (nSPS) is 28.0. The summed E-state index contributed by atoms with van der Waals surface area (Å²) in [5, 5.41) is 10.5. The van der Waals surface area contributed by atoms with Crippen molar-refractivity contribution in [1.29, 1.82) is 0 Å².